The van der Waals surface area contributed by atoms with Crippen molar-refractivity contribution in [2.45, 2.75) is 26.7 Å². The van der Waals surface area contributed by atoms with Crippen molar-refractivity contribution in [3.63, 3.8) is 0 Å². The molecular weight excluding hydrogens is 252 g/mol. The van der Waals surface area contributed by atoms with Gasteiger partial charge < -0.3 is 14.3 Å². The molecule has 1 atom stereocenters. The van der Waals surface area contributed by atoms with Crippen LogP contribution in [0.25, 0.3) is 0 Å². The van der Waals surface area contributed by atoms with Crippen LogP contribution < -0.4 is 9.47 Å². The standard InChI is InChI=1S/C14H19ClO3/c1-9(5-10(2)16)6-11-7-13(17-3)14(18-4)8-12(11)15/h7-9H,5-6H2,1-4H3. The molecule has 1 aromatic rings. The van der Waals surface area contributed by atoms with Crippen molar-refractivity contribution in [1.82, 2.24) is 0 Å². The quantitative estimate of drug-likeness (QED) is 0.793. The van der Waals surface area contributed by atoms with Gasteiger partial charge in [0.25, 0.3) is 0 Å². The molecule has 0 saturated carbocycles. The van der Waals surface area contributed by atoms with E-state index in [9.17, 15) is 4.79 Å². The predicted octanol–water partition coefficient (Wildman–Crippen LogP) is 3.51. The van der Waals surface area contributed by atoms with Crippen LogP contribution in [-0.4, -0.2) is 20.0 Å². The number of ether oxygens (including phenoxy) is 2. The number of halogens is 1. The molecule has 0 aliphatic carbocycles. The summed E-state index contributed by atoms with van der Waals surface area (Å²) in [6, 6.07) is 3.62. The van der Waals surface area contributed by atoms with Gasteiger partial charge in [-0.05, 0) is 30.9 Å². The summed E-state index contributed by atoms with van der Waals surface area (Å²) in [6.45, 7) is 3.64. The van der Waals surface area contributed by atoms with Crippen molar-refractivity contribution < 1.29 is 14.3 Å². The minimum atomic E-state index is 0.194. The Hall–Kier alpha value is -1.22. The number of carbonyl (C=O) groups excluding carboxylic acids is 1. The van der Waals surface area contributed by atoms with Gasteiger partial charge in [-0.15, -0.1) is 0 Å². The van der Waals surface area contributed by atoms with Crippen molar-refractivity contribution in [2.24, 2.45) is 5.92 Å². The Kier molecular flexibility index (Phi) is 5.48. The van der Waals surface area contributed by atoms with Crippen LogP contribution in [0, 0.1) is 5.92 Å². The van der Waals surface area contributed by atoms with E-state index in [0.29, 0.717) is 22.9 Å². The fraction of sp³-hybridized carbons (Fsp3) is 0.500. The minimum absolute atomic E-state index is 0.194. The molecule has 0 fully saturated rings. The van der Waals surface area contributed by atoms with Crippen LogP contribution in [0.2, 0.25) is 5.02 Å². The van der Waals surface area contributed by atoms with Gasteiger partial charge in [0.2, 0.25) is 0 Å². The lowest BCUT2D eigenvalue weighted by Crippen LogP contribution is -2.06. The predicted molar refractivity (Wildman–Crippen MR) is 72.7 cm³/mol. The molecule has 0 bridgehead atoms. The molecule has 0 saturated heterocycles. The van der Waals surface area contributed by atoms with Crippen molar-refractivity contribution >= 4 is 17.4 Å². The molecule has 0 heterocycles. The van der Waals surface area contributed by atoms with Crippen molar-refractivity contribution in [3.05, 3.63) is 22.7 Å². The average Bonchev–Trinajstić information content (AvgIpc) is 2.30. The van der Waals surface area contributed by atoms with Gasteiger partial charge in [-0.25, -0.2) is 0 Å². The van der Waals surface area contributed by atoms with E-state index in [2.05, 4.69) is 0 Å². The molecule has 0 spiro atoms. The Morgan fingerprint density at radius 1 is 1.28 bits per heavy atom. The maximum absolute atomic E-state index is 11.1. The smallest absolute Gasteiger partial charge is 0.162 e. The zero-order chi connectivity index (χ0) is 13.7. The lowest BCUT2D eigenvalue weighted by molar-refractivity contribution is -0.117. The molecule has 0 aliphatic rings. The second-order valence-electron chi connectivity index (χ2n) is 4.51. The number of methoxy groups -OCH3 is 2. The summed E-state index contributed by atoms with van der Waals surface area (Å²) in [7, 11) is 3.17. The van der Waals surface area contributed by atoms with E-state index in [1.807, 2.05) is 13.0 Å². The number of ketones is 1. The topological polar surface area (TPSA) is 35.5 Å². The SMILES string of the molecule is COc1cc(Cl)c(CC(C)CC(C)=O)cc1OC. The number of rotatable bonds is 6. The molecule has 4 heteroatoms. The Bertz CT molecular complexity index is 429. The molecule has 0 aliphatic heterocycles. The zero-order valence-electron chi connectivity index (χ0n) is 11.2. The summed E-state index contributed by atoms with van der Waals surface area (Å²) in [5.74, 6) is 1.73. The van der Waals surface area contributed by atoms with Gasteiger partial charge in [-0.1, -0.05) is 18.5 Å². The molecule has 1 aromatic carbocycles. The van der Waals surface area contributed by atoms with Gasteiger partial charge >= 0.3 is 0 Å². The van der Waals surface area contributed by atoms with Crippen LogP contribution in [-0.2, 0) is 11.2 Å². The first-order chi connectivity index (χ1) is 8.47. The minimum Gasteiger partial charge on any atom is -0.493 e. The van der Waals surface area contributed by atoms with E-state index in [4.69, 9.17) is 21.1 Å². The summed E-state index contributed by atoms with van der Waals surface area (Å²) in [5.41, 5.74) is 0.975. The second kappa shape index (κ2) is 6.64. The first-order valence-corrected chi connectivity index (χ1v) is 6.25. The van der Waals surface area contributed by atoms with Gasteiger partial charge in [-0.3, -0.25) is 0 Å². The molecule has 1 rings (SSSR count). The molecule has 100 valence electrons. The summed E-state index contributed by atoms with van der Waals surface area (Å²) in [5, 5.41) is 0.642. The maximum atomic E-state index is 11.1. The van der Waals surface area contributed by atoms with Crippen LogP contribution in [0.5, 0.6) is 11.5 Å². The number of Topliss-reactive ketones (excluding diaryl/α,β-unsaturated/α-hetero) is 1. The van der Waals surface area contributed by atoms with Gasteiger partial charge in [0.05, 0.1) is 14.2 Å². The normalized spacial score (nSPS) is 12.1. The van der Waals surface area contributed by atoms with Gasteiger partial charge in [-0.2, -0.15) is 0 Å². The van der Waals surface area contributed by atoms with E-state index < -0.39 is 0 Å². The van der Waals surface area contributed by atoms with E-state index in [0.717, 1.165) is 12.0 Å². The lowest BCUT2D eigenvalue weighted by Gasteiger charge is -2.14. The number of carbonyl (C=O) groups is 1. The average molecular weight is 271 g/mol. The zero-order valence-corrected chi connectivity index (χ0v) is 12.0. The Balaban J connectivity index is 2.92. The largest absolute Gasteiger partial charge is 0.493 e. The molecule has 3 nitrogen and oxygen atoms in total. The molecule has 1 unspecified atom stereocenters. The third-order valence-electron chi connectivity index (χ3n) is 2.76. The maximum Gasteiger partial charge on any atom is 0.162 e. The van der Waals surface area contributed by atoms with Crippen LogP contribution >= 0.6 is 11.6 Å². The van der Waals surface area contributed by atoms with Gasteiger partial charge in [0.1, 0.15) is 5.78 Å². The first kappa shape index (κ1) is 14.8. The highest BCUT2D eigenvalue weighted by atomic mass is 35.5. The first-order valence-electron chi connectivity index (χ1n) is 5.87. The van der Waals surface area contributed by atoms with Crippen molar-refractivity contribution in [1.29, 1.82) is 0 Å². The van der Waals surface area contributed by atoms with Crippen LogP contribution in [0.3, 0.4) is 0 Å². The molecule has 0 N–H and O–H groups in total. The van der Waals surface area contributed by atoms with Crippen LogP contribution in [0.15, 0.2) is 12.1 Å². The van der Waals surface area contributed by atoms with Crippen LogP contribution in [0.1, 0.15) is 25.8 Å². The third-order valence-corrected chi connectivity index (χ3v) is 3.11. The molecule has 0 amide bonds. The molecule has 0 aromatic heterocycles. The summed E-state index contributed by atoms with van der Waals surface area (Å²) >= 11 is 6.20. The highest BCUT2D eigenvalue weighted by molar-refractivity contribution is 6.31. The molecular formula is C14H19ClO3. The van der Waals surface area contributed by atoms with Crippen LogP contribution in [0.4, 0.5) is 0 Å². The molecule has 0 radical (unpaired) electrons. The Labute approximate surface area is 113 Å². The molecule has 18 heavy (non-hydrogen) atoms. The number of hydrogen-bond acceptors (Lipinski definition) is 3. The van der Waals surface area contributed by atoms with E-state index >= 15 is 0 Å². The van der Waals surface area contributed by atoms with Crippen molar-refractivity contribution in [3.8, 4) is 11.5 Å². The fourth-order valence-corrected chi connectivity index (χ4v) is 2.22. The Morgan fingerprint density at radius 2 is 1.83 bits per heavy atom. The number of hydrogen-bond donors (Lipinski definition) is 0. The highest BCUT2D eigenvalue weighted by Gasteiger charge is 2.13. The highest BCUT2D eigenvalue weighted by Crippen LogP contribution is 2.34. The van der Waals surface area contributed by atoms with E-state index in [1.165, 1.54) is 0 Å². The summed E-state index contributed by atoms with van der Waals surface area (Å²) < 4.78 is 10.4. The van der Waals surface area contributed by atoms with E-state index in [-0.39, 0.29) is 11.7 Å². The monoisotopic (exact) mass is 270 g/mol. The summed E-state index contributed by atoms with van der Waals surface area (Å²) in [6.07, 6.45) is 1.31. The number of benzene rings is 1. The fourth-order valence-electron chi connectivity index (χ4n) is 1.99. The van der Waals surface area contributed by atoms with Crippen molar-refractivity contribution in [2.75, 3.05) is 14.2 Å². The van der Waals surface area contributed by atoms with E-state index in [1.54, 1.807) is 27.2 Å². The van der Waals surface area contributed by atoms with Gasteiger partial charge in [0.15, 0.2) is 11.5 Å². The third kappa shape index (κ3) is 3.91. The second-order valence-corrected chi connectivity index (χ2v) is 4.92. The lowest BCUT2D eigenvalue weighted by atomic mass is 9.96. The Morgan fingerprint density at radius 3 is 2.33 bits per heavy atom. The summed E-state index contributed by atoms with van der Waals surface area (Å²) in [4.78, 5) is 11.1. The van der Waals surface area contributed by atoms with Gasteiger partial charge in [0, 0.05) is 17.5 Å².